The van der Waals surface area contributed by atoms with Crippen molar-refractivity contribution in [1.29, 1.82) is 0 Å². The van der Waals surface area contributed by atoms with Gasteiger partial charge in [-0.2, -0.15) is 14.6 Å². The van der Waals surface area contributed by atoms with E-state index in [1.165, 1.54) is 12.8 Å². The molecule has 0 bridgehead atoms. The summed E-state index contributed by atoms with van der Waals surface area (Å²) in [6.45, 7) is 7.26. The van der Waals surface area contributed by atoms with Gasteiger partial charge in [-0.15, -0.1) is 0 Å². The molecule has 0 aromatic carbocycles. The molecule has 1 aliphatic rings. The number of aromatic nitrogens is 4. The highest BCUT2D eigenvalue weighted by Gasteiger charge is 2.26. The van der Waals surface area contributed by atoms with Gasteiger partial charge >= 0.3 is 0 Å². The molecular weight excluding hydrogens is 240 g/mol. The van der Waals surface area contributed by atoms with Crippen molar-refractivity contribution in [2.45, 2.75) is 32.7 Å². The standard InChI is InChI=1S/C13H20N6/c1-3-14-8-11-5-4-6-18(11)12-7-10(2)17-13-15-9-16-19(12)13/h7,9,11,14H,3-6,8H2,1-2H3. The Bertz CT molecular complexity index is 563. The molecule has 2 aromatic heterocycles. The van der Waals surface area contributed by atoms with E-state index >= 15 is 0 Å². The van der Waals surface area contributed by atoms with E-state index in [1.54, 1.807) is 6.33 Å². The molecular formula is C13H20N6. The highest BCUT2D eigenvalue weighted by atomic mass is 15.4. The van der Waals surface area contributed by atoms with E-state index in [0.29, 0.717) is 11.8 Å². The maximum atomic E-state index is 4.40. The van der Waals surface area contributed by atoms with Crippen LogP contribution in [0.4, 0.5) is 5.82 Å². The van der Waals surface area contributed by atoms with Gasteiger partial charge in [-0.25, -0.2) is 4.98 Å². The fraction of sp³-hybridized carbons (Fsp3) is 0.615. The average Bonchev–Trinajstić information content (AvgIpc) is 3.03. The van der Waals surface area contributed by atoms with E-state index in [0.717, 1.165) is 31.1 Å². The minimum atomic E-state index is 0.536. The lowest BCUT2D eigenvalue weighted by molar-refractivity contribution is 0.581. The first kappa shape index (κ1) is 12.3. The largest absolute Gasteiger partial charge is 0.352 e. The van der Waals surface area contributed by atoms with Crippen LogP contribution < -0.4 is 10.2 Å². The minimum Gasteiger partial charge on any atom is -0.352 e. The Kier molecular flexibility index (Phi) is 3.33. The molecule has 1 unspecified atom stereocenters. The number of rotatable bonds is 4. The first-order valence-corrected chi connectivity index (χ1v) is 6.94. The number of anilines is 1. The highest BCUT2D eigenvalue weighted by Crippen LogP contribution is 2.25. The zero-order valence-corrected chi connectivity index (χ0v) is 11.5. The maximum Gasteiger partial charge on any atom is 0.254 e. The summed E-state index contributed by atoms with van der Waals surface area (Å²) < 4.78 is 1.84. The maximum absolute atomic E-state index is 4.40. The monoisotopic (exact) mass is 260 g/mol. The van der Waals surface area contributed by atoms with Crippen LogP contribution in [0.2, 0.25) is 0 Å². The van der Waals surface area contributed by atoms with Crippen molar-refractivity contribution in [2.75, 3.05) is 24.5 Å². The Labute approximate surface area is 112 Å². The average molecular weight is 260 g/mol. The van der Waals surface area contributed by atoms with Gasteiger partial charge in [0.2, 0.25) is 0 Å². The fourth-order valence-electron chi connectivity index (χ4n) is 2.78. The molecule has 0 spiro atoms. The molecule has 6 heteroatoms. The van der Waals surface area contributed by atoms with E-state index < -0.39 is 0 Å². The van der Waals surface area contributed by atoms with Crippen molar-refractivity contribution in [3.8, 4) is 0 Å². The second kappa shape index (κ2) is 5.13. The Morgan fingerprint density at radius 3 is 3.21 bits per heavy atom. The van der Waals surface area contributed by atoms with E-state index in [1.807, 2.05) is 11.4 Å². The summed E-state index contributed by atoms with van der Waals surface area (Å²) in [6.07, 6.45) is 4.03. The van der Waals surface area contributed by atoms with Gasteiger partial charge in [-0.1, -0.05) is 6.92 Å². The fourth-order valence-corrected chi connectivity index (χ4v) is 2.78. The molecule has 1 saturated heterocycles. The van der Waals surface area contributed by atoms with Crippen LogP contribution in [0.3, 0.4) is 0 Å². The van der Waals surface area contributed by atoms with Gasteiger partial charge in [0.05, 0.1) is 0 Å². The van der Waals surface area contributed by atoms with E-state index in [-0.39, 0.29) is 0 Å². The molecule has 1 aliphatic heterocycles. The molecule has 1 N–H and O–H groups in total. The molecule has 102 valence electrons. The molecule has 3 rings (SSSR count). The molecule has 1 atom stereocenters. The predicted octanol–water partition coefficient (Wildman–Crippen LogP) is 1.01. The Balaban J connectivity index is 1.96. The summed E-state index contributed by atoms with van der Waals surface area (Å²) in [5, 5.41) is 7.74. The Morgan fingerprint density at radius 1 is 1.47 bits per heavy atom. The molecule has 0 aliphatic carbocycles. The van der Waals surface area contributed by atoms with Gasteiger partial charge in [0.15, 0.2) is 0 Å². The van der Waals surface area contributed by atoms with Crippen LogP contribution in [0.1, 0.15) is 25.5 Å². The van der Waals surface area contributed by atoms with Crippen LogP contribution in [0, 0.1) is 6.92 Å². The number of hydrogen-bond acceptors (Lipinski definition) is 5. The van der Waals surface area contributed by atoms with E-state index in [2.05, 4.69) is 38.3 Å². The number of nitrogens with zero attached hydrogens (tertiary/aromatic N) is 5. The lowest BCUT2D eigenvalue weighted by Gasteiger charge is -2.27. The van der Waals surface area contributed by atoms with Crippen molar-refractivity contribution >= 4 is 11.6 Å². The second-order valence-corrected chi connectivity index (χ2v) is 5.02. The summed E-state index contributed by atoms with van der Waals surface area (Å²) in [7, 11) is 0. The van der Waals surface area contributed by atoms with Crippen LogP contribution in [0.5, 0.6) is 0 Å². The third kappa shape index (κ3) is 2.28. The van der Waals surface area contributed by atoms with Gasteiger partial charge in [0.25, 0.3) is 5.78 Å². The molecule has 0 radical (unpaired) electrons. The Hall–Kier alpha value is -1.69. The van der Waals surface area contributed by atoms with E-state index in [9.17, 15) is 0 Å². The smallest absolute Gasteiger partial charge is 0.254 e. The molecule has 2 aromatic rings. The SMILES string of the molecule is CCNCC1CCCN1c1cc(C)nc2ncnn12. The lowest BCUT2D eigenvalue weighted by atomic mass is 10.2. The van der Waals surface area contributed by atoms with Crippen LogP contribution in [0.15, 0.2) is 12.4 Å². The van der Waals surface area contributed by atoms with Crippen molar-refractivity contribution in [2.24, 2.45) is 0 Å². The summed E-state index contributed by atoms with van der Waals surface area (Å²) >= 11 is 0. The third-order valence-electron chi connectivity index (χ3n) is 3.66. The van der Waals surface area contributed by atoms with Gasteiger partial charge < -0.3 is 10.2 Å². The molecule has 3 heterocycles. The van der Waals surface area contributed by atoms with Crippen molar-refractivity contribution < 1.29 is 0 Å². The topological polar surface area (TPSA) is 58.3 Å². The van der Waals surface area contributed by atoms with Crippen LogP contribution >= 0.6 is 0 Å². The van der Waals surface area contributed by atoms with Crippen molar-refractivity contribution in [3.63, 3.8) is 0 Å². The van der Waals surface area contributed by atoms with E-state index in [4.69, 9.17) is 0 Å². The van der Waals surface area contributed by atoms with Crippen molar-refractivity contribution in [1.82, 2.24) is 24.9 Å². The number of hydrogen-bond donors (Lipinski definition) is 1. The summed E-state index contributed by atoms with van der Waals surface area (Å²) in [5.41, 5.74) is 0.990. The number of nitrogens with one attached hydrogen (secondary N) is 1. The van der Waals surface area contributed by atoms with Gasteiger partial charge in [0.1, 0.15) is 12.1 Å². The quantitative estimate of drug-likeness (QED) is 0.889. The van der Waals surface area contributed by atoms with Gasteiger partial charge in [-0.05, 0) is 26.3 Å². The molecule has 6 nitrogen and oxygen atoms in total. The van der Waals surface area contributed by atoms with Crippen LogP contribution in [-0.2, 0) is 0 Å². The van der Waals surface area contributed by atoms with Crippen LogP contribution in [0.25, 0.3) is 5.78 Å². The number of aryl methyl sites for hydroxylation is 1. The number of fused-ring (bicyclic) bond motifs is 1. The van der Waals surface area contributed by atoms with Crippen molar-refractivity contribution in [3.05, 3.63) is 18.1 Å². The first-order chi connectivity index (χ1) is 9.29. The van der Waals surface area contributed by atoms with Crippen LogP contribution in [-0.4, -0.2) is 45.3 Å². The predicted molar refractivity (Wildman–Crippen MR) is 74.4 cm³/mol. The Morgan fingerprint density at radius 2 is 2.37 bits per heavy atom. The summed E-state index contributed by atoms with van der Waals surface area (Å²) in [5.74, 6) is 1.80. The zero-order chi connectivity index (χ0) is 13.2. The first-order valence-electron chi connectivity index (χ1n) is 6.94. The molecule has 1 fully saturated rings. The minimum absolute atomic E-state index is 0.536. The second-order valence-electron chi connectivity index (χ2n) is 5.02. The molecule has 19 heavy (non-hydrogen) atoms. The summed E-state index contributed by atoms with van der Waals surface area (Å²) in [4.78, 5) is 11.0. The summed E-state index contributed by atoms with van der Waals surface area (Å²) in [6, 6.07) is 2.64. The molecule has 0 amide bonds. The number of likely N-dealkylation sites (N-methyl/N-ethyl adjacent to an activating group) is 1. The van der Waals surface area contributed by atoms with Gasteiger partial charge in [-0.3, -0.25) is 0 Å². The normalized spacial score (nSPS) is 19.5. The molecule has 0 saturated carbocycles. The zero-order valence-electron chi connectivity index (χ0n) is 11.5. The third-order valence-corrected chi connectivity index (χ3v) is 3.66. The van der Waals surface area contributed by atoms with Gasteiger partial charge in [0, 0.05) is 30.9 Å². The lowest BCUT2D eigenvalue weighted by Crippen LogP contribution is -2.39. The highest BCUT2D eigenvalue weighted by molar-refractivity contribution is 5.48.